The first-order valence-corrected chi connectivity index (χ1v) is 8.14. The number of carbonyl (C=O) groups excluding carboxylic acids is 2. The number of hydrogen-bond donors (Lipinski definition) is 1. The van der Waals surface area contributed by atoms with Crippen LogP contribution in [0.1, 0.15) is 16.7 Å². The lowest BCUT2D eigenvalue weighted by atomic mass is 10.2. The Balaban J connectivity index is 1.63. The highest BCUT2D eigenvalue weighted by molar-refractivity contribution is 8.00. The lowest BCUT2D eigenvalue weighted by Crippen LogP contribution is -2.39. The third kappa shape index (κ3) is 3.73. The molecular formula is C16H15FN2O3S. The number of carbonyl (C=O) groups is 2. The van der Waals surface area contributed by atoms with Gasteiger partial charge in [-0.2, -0.15) is 0 Å². The average Bonchev–Trinajstić information content (AvgIpc) is 3.17. The third-order valence-electron chi connectivity index (χ3n) is 3.48. The van der Waals surface area contributed by atoms with Crippen LogP contribution >= 0.6 is 11.8 Å². The number of thioether (sulfide) groups is 1. The van der Waals surface area contributed by atoms with Crippen LogP contribution in [0.25, 0.3) is 0 Å². The Morgan fingerprint density at radius 2 is 2.13 bits per heavy atom. The minimum Gasteiger partial charge on any atom is -0.467 e. The molecule has 0 unspecified atom stereocenters. The minimum absolute atomic E-state index is 0.0331. The second-order valence-electron chi connectivity index (χ2n) is 5.09. The number of nitrogens with zero attached hydrogens (tertiary/aromatic N) is 1. The van der Waals surface area contributed by atoms with Crippen LogP contribution < -0.4 is 5.32 Å². The second kappa shape index (κ2) is 6.87. The maximum atomic E-state index is 13.0. The summed E-state index contributed by atoms with van der Waals surface area (Å²) >= 11 is 1.43. The molecule has 2 aromatic rings. The molecule has 2 heterocycles. The first kappa shape index (κ1) is 15.6. The molecule has 1 aromatic carbocycles. The van der Waals surface area contributed by atoms with Gasteiger partial charge in [-0.15, -0.1) is 11.8 Å². The fraction of sp³-hybridized carbons (Fsp3) is 0.250. The highest BCUT2D eigenvalue weighted by atomic mass is 32.2. The highest BCUT2D eigenvalue weighted by Gasteiger charge is 2.34. The van der Waals surface area contributed by atoms with Crippen molar-refractivity contribution in [3.8, 4) is 0 Å². The summed E-state index contributed by atoms with van der Waals surface area (Å²) < 4.78 is 18.2. The topological polar surface area (TPSA) is 62.6 Å². The number of furan rings is 1. The zero-order valence-corrected chi connectivity index (χ0v) is 13.0. The van der Waals surface area contributed by atoms with E-state index in [0.29, 0.717) is 11.5 Å². The molecule has 1 aliphatic heterocycles. The predicted octanol–water partition coefficient (Wildman–Crippen LogP) is 2.31. The fourth-order valence-corrected chi connectivity index (χ4v) is 3.53. The van der Waals surface area contributed by atoms with E-state index in [4.69, 9.17) is 4.42 Å². The van der Waals surface area contributed by atoms with Crippen LogP contribution in [-0.4, -0.2) is 29.0 Å². The van der Waals surface area contributed by atoms with E-state index >= 15 is 0 Å². The Bertz CT molecular complexity index is 688. The molecule has 7 heteroatoms. The molecule has 120 valence electrons. The summed E-state index contributed by atoms with van der Waals surface area (Å²) in [4.78, 5) is 25.6. The summed E-state index contributed by atoms with van der Waals surface area (Å²) in [7, 11) is 0. The SMILES string of the molecule is O=C(CN1C(=O)CS[C@@H]1c1ccc(F)cc1)NCc1ccco1. The van der Waals surface area contributed by atoms with Crippen molar-refractivity contribution in [3.05, 3.63) is 59.8 Å². The summed E-state index contributed by atoms with van der Waals surface area (Å²) in [5.74, 6) is 0.274. The van der Waals surface area contributed by atoms with Crippen LogP contribution in [0.4, 0.5) is 4.39 Å². The molecule has 5 nitrogen and oxygen atoms in total. The van der Waals surface area contributed by atoms with Gasteiger partial charge in [0, 0.05) is 0 Å². The number of amides is 2. The van der Waals surface area contributed by atoms with Gasteiger partial charge in [0.05, 0.1) is 18.6 Å². The number of hydrogen-bond acceptors (Lipinski definition) is 4. The Morgan fingerprint density at radius 1 is 1.35 bits per heavy atom. The van der Waals surface area contributed by atoms with Crippen LogP contribution in [0.2, 0.25) is 0 Å². The molecule has 0 spiro atoms. The van der Waals surface area contributed by atoms with Crippen molar-refractivity contribution >= 4 is 23.6 Å². The van der Waals surface area contributed by atoms with Crippen molar-refractivity contribution < 1.29 is 18.4 Å². The smallest absolute Gasteiger partial charge is 0.240 e. The van der Waals surface area contributed by atoms with Gasteiger partial charge >= 0.3 is 0 Å². The van der Waals surface area contributed by atoms with Crippen LogP contribution in [-0.2, 0) is 16.1 Å². The number of halogens is 1. The normalized spacial score (nSPS) is 17.5. The van der Waals surface area contributed by atoms with Crippen molar-refractivity contribution in [3.63, 3.8) is 0 Å². The number of benzene rings is 1. The largest absolute Gasteiger partial charge is 0.467 e. The van der Waals surface area contributed by atoms with E-state index in [1.165, 1.54) is 35.1 Å². The van der Waals surface area contributed by atoms with Gasteiger partial charge in [0.15, 0.2) is 0 Å². The van der Waals surface area contributed by atoms with Gasteiger partial charge in [-0.1, -0.05) is 12.1 Å². The summed E-state index contributed by atoms with van der Waals surface area (Å²) in [6.07, 6.45) is 1.53. The predicted molar refractivity (Wildman–Crippen MR) is 83.9 cm³/mol. The monoisotopic (exact) mass is 334 g/mol. The molecule has 0 aliphatic carbocycles. The fourth-order valence-electron chi connectivity index (χ4n) is 2.34. The van der Waals surface area contributed by atoms with Gasteiger partial charge in [0.1, 0.15) is 23.5 Å². The van der Waals surface area contributed by atoms with Crippen molar-refractivity contribution in [2.45, 2.75) is 11.9 Å². The van der Waals surface area contributed by atoms with E-state index in [1.807, 2.05) is 0 Å². The van der Waals surface area contributed by atoms with E-state index in [-0.39, 0.29) is 36.1 Å². The lowest BCUT2D eigenvalue weighted by molar-refractivity contribution is -0.133. The Kier molecular flexibility index (Phi) is 4.66. The maximum Gasteiger partial charge on any atom is 0.240 e. The molecule has 23 heavy (non-hydrogen) atoms. The Hall–Kier alpha value is -2.28. The third-order valence-corrected chi connectivity index (χ3v) is 4.73. The van der Waals surface area contributed by atoms with Crippen LogP contribution in [0.15, 0.2) is 47.1 Å². The maximum absolute atomic E-state index is 13.0. The molecule has 1 fully saturated rings. The molecule has 0 radical (unpaired) electrons. The molecule has 1 atom stereocenters. The molecule has 0 bridgehead atoms. The quantitative estimate of drug-likeness (QED) is 0.911. The molecule has 0 saturated carbocycles. The zero-order valence-electron chi connectivity index (χ0n) is 12.2. The molecule has 1 aliphatic rings. The van der Waals surface area contributed by atoms with Gasteiger partial charge in [0.25, 0.3) is 0 Å². The molecule has 3 rings (SSSR count). The summed E-state index contributed by atoms with van der Waals surface area (Å²) in [5.41, 5.74) is 0.807. The van der Waals surface area contributed by atoms with Gasteiger partial charge < -0.3 is 14.6 Å². The van der Waals surface area contributed by atoms with Crippen molar-refractivity contribution in [1.29, 1.82) is 0 Å². The van der Waals surface area contributed by atoms with Gasteiger partial charge in [-0.3, -0.25) is 9.59 Å². The van der Waals surface area contributed by atoms with Gasteiger partial charge in [0.2, 0.25) is 11.8 Å². The van der Waals surface area contributed by atoms with Gasteiger partial charge in [-0.25, -0.2) is 4.39 Å². The van der Waals surface area contributed by atoms with E-state index in [0.717, 1.165) is 5.56 Å². The van der Waals surface area contributed by atoms with Crippen molar-refractivity contribution in [2.24, 2.45) is 0 Å². The Labute approximate surface area is 136 Å². The van der Waals surface area contributed by atoms with Crippen LogP contribution in [0, 0.1) is 5.82 Å². The molecular weight excluding hydrogens is 319 g/mol. The first-order chi connectivity index (χ1) is 11.1. The van der Waals surface area contributed by atoms with E-state index in [9.17, 15) is 14.0 Å². The van der Waals surface area contributed by atoms with E-state index < -0.39 is 0 Å². The van der Waals surface area contributed by atoms with Crippen LogP contribution in [0.5, 0.6) is 0 Å². The van der Waals surface area contributed by atoms with E-state index in [2.05, 4.69) is 5.32 Å². The standard InChI is InChI=1S/C16H15FN2O3S/c17-12-5-3-11(4-6-12)16-19(15(21)10-23-16)9-14(20)18-8-13-2-1-7-22-13/h1-7,16H,8-10H2,(H,18,20)/t16-/m1/s1. The second-order valence-corrected chi connectivity index (χ2v) is 6.16. The highest BCUT2D eigenvalue weighted by Crippen LogP contribution is 2.38. The minimum atomic E-state index is -0.328. The molecule has 1 saturated heterocycles. The average molecular weight is 334 g/mol. The van der Waals surface area contributed by atoms with Crippen molar-refractivity contribution in [2.75, 3.05) is 12.3 Å². The summed E-state index contributed by atoms with van der Waals surface area (Å²) in [6, 6.07) is 9.49. The first-order valence-electron chi connectivity index (χ1n) is 7.09. The van der Waals surface area contributed by atoms with Crippen LogP contribution in [0.3, 0.4) is 0 Å². The van der Waals surface area contributed by atoms with E-state index in [1.54, 1.807) is 24.3 Å². The van der Waals surface area contributed by atoms with Crippen molar-refractivity contribution in [1.82, 2.24) is 10.2 Å². The van der Waals surface area contributed by atoms with Gasteiger partial charge in [-0.05, 0) is 29.8 Å². The lowest BCUT2D eigenvalue weighted by Gasteiger charge is -2.23. The molecule has 1 aromatic heterocycles. The number of nitrogens with one attached hydrogen (secondary N) is 1. The number of rotatable bonds is 5. The zero-order chi connectivity index (χ0) is 16.2. The summed E-state index contributed by atoms with van der Waals surface area (Å²) in [6.45, 7) is 0.247. The Morgan fingerprint density at radius 3 is 2.83 bits per heavy atom. The molecule has 1 N–H and O–H groups in total. The summed E-state index contributed by atoms with van der Waals surface area (Å²) in [5, 5.41) is 2.45. The molecule has 2 amide bonds.